The highest BCUT2D eigenvalue weighted by Crippen LogP contribution is 2.29. The first kappa shape index (κ1) is 16.9. The number of anilines is 2. The van der Waals surface area contributed by atoms with Gasteiger partial charge in [0.15, 0.2) is 0 Å². The smallest absolute Gasteiger partial charge is 0.271 e. The molecule has 8 heteroatoms. The molecule has 0 aliphatic carbocycles. The van der Waals surface area contributed by atoms with Gasteiger partial charge in [-0.05, 0) is 30.7 Å². The topological polar surface area (TPSA) is 92.6 Å². The number of hydrogen-bond donors (Lipinski definition) is 1. The minimum absolute atomic E-state index is 0.0347. The van der Waals surface area contributed by atoms with Crippen molar-refractivity contribution in [1.82, 2.24) is 0 Å². The highest BCUT2D eigenvalue weighted by molar-refractivity contribution is 6.32. The van der Waals surface area contributed by atoms with Gasteiger partial charge in [0.2, 0.25) is 5.91 Å². The second-order valence-corrected chi connectivity index (χ2v) is 6.12. The van der Waals surface area contributed by atoms with Crippen LogP contribution in [0.4, 0.5) is 17.1 Å². The lowest BCUT2D eigenvalue weighted by atomic mass is 10.2. The van der Waals surface area contributed by atoms with E-state index in [-0.39, 0.29) is 18.0 Å². The van der Waals surface area contributed by atoms with Gasteiger partial charge >= 0.3 is 0 Å². The quantitative estimate of drug-likeness (QED) is 0.513. The Morgan fingerprint density at radius 3 is 2.68 bits per heavy atom. The standard InChI is InChI=1S/C17H14ClN3O4/c1-10-5-6-12(8-14(10)18)20-16(22)9-15(17(20)23)19-11-3-2-4-13(7-11)21(24)25/h2-8,15,19H,9H2,1H3/t15-/m0/s1. The molecule has 2 amide bonds. The van der Waals surface area contributed by atoms with Gasteiger partial charge in [0.25, 0.3) is 11.6 Å². The number of carbonyl (C=O) groups excluding carboxylic acids is 2. The van der Waals surface area contributed by atoms with Crippen LogP contribution in [0, 0.1) is 17.0 Å². The number of benzene rings is 2. The van der Waals surface area contributed by atoms with Gasteiger partial charge in [-0.1, -0.05) is 23.7 Å². The molecule has 128 valence electrons. The summed E-state index contributed by atoms with van der Waals surface area (Å²) in [5.74, 6) is -0.774. The SMILES string of the molecule is Cc1ccc(N2C(=O)C[C@H](Nc3cccc([N+](=O)[O-])c3)C2=O)cc1Cl. The number of halogens is 1. The summed E-state index contributed by atoms with van der Waals surface area (Å²) < 4.78 is 0. The summed E-state index contributed by atoms with van der Waals surface area (Å²) in [5.41, 5.74) is 1.57. The van der Waals surface area contributed by atoms with Crippen molar-refractivity contribution in [3.8, 4) is 0 Å². The lowest BCUT2D eigenvalue weighted by Gasteiger charge is -2.16. The van der Waals surface area contributed by atoms with E-state index in [1.807, 2.05) is 6.92 Å². The van der Waals surface area contributed by atoms with Gasteiger partial charge in [-0.2, -0.15) is 0 Å². The van der Waals surface area contributed by atoms with E-state index in [4.69, 9.17) is 11.6 Å². The molecule has 2 aromatic rings. The van der Waals surface area contributed by atoms with E-state index in [9.17, 15) is 19.7 Å². The molecule has 1 heterocycles. The molecular weight excluding hydrogens is 346 g/mol. The number of nitro benzene ring substituents is 1. The average Bonchev–Trinajstić information content (AvgIpc) is 2.84. The number of nitrogens with one attached hydrogen (secondary N) is 1. The molecule has 1 aliphatic rings. The van der Waals surface area contributed by atoms with E-state index in [1.165, 1.54) is 18.2 Å². The minimum atomic E-state index is -0.783. The second-order valence-electron chi connectivity index (χ2n) is 5.71. The molecule has 25 heavy (non-hydrogen) atoms. The average molecular weight is 360 g/mol. The Labute approximate surface area is 148 Å². The van der Waals surface area contributed by atoms with Gasteiger partial charge in [-0.15, -0.1) is 0 Å². The third-order valence-electron chi connectivity index (χ3n) is 3.96. The van der Waals surface area contributed by atoms with Crippen LogP contribution in [0.3, 0.4) is 0 Å². The van der Waals surface area contributed by atoms with Crippen molar-refractivity contribution in [1.29, 1.82) is 0 Å². The zero-order valence-corrected chi connectivity index (χ0v) is 14.0. The van der Waals surface area contributed by atoms with E-state index in [0.717, 1.165) is 10.5 Å². The lowest BCUT2D eigenvalue weighted by Crippen LogP contribution is -2.34. The van der Waals surface area contributed by atoms with Gasteiger partial charge < -0.3 is 5.32 Å². The third kappa shape index (κ3) is 3.32. The molecule has 1 atom stereocenters. The van der Waals surface area contributed by atoms with Crippen LogP contribution in [0.25, 0.3) is 0 Å². The third-order valence-corrected chi connectivity index (χ3v) is 4.37. The summed E-state index contributed by atoms with van der Waals surface area (Å²) in [6, 6.07) is 9.98. The second kappa shape index (κ2) is 6.52. The first-order valence-electron chi connectivity index (χ1n) is 7.51. The predicted molar refractivity (Wildman–Crippen MR) is 93.8 cm³/mol. The van der Waals surface area contributed by atoms with Gasteiger partial charge in [-0.25, -0.2) is 4.90 Å². The zero-order chi connectivity index (χ0) is 18.1. The van der Waals surface area contributed by atoms with Crippen LogP contribution >= 0.6 is 11.6 Å². The summed E-state index contributed by atoms with van der Waals surface area (Å²) in [5, 5.41) is 14.2. The van der Waals surface area contributed by atoms with Crippen molar-refractivity contribution in [3.63, 3.8) is 0 Å². The zero-order valence-electron chi connectivity index (χ0n) is 13.2. The molecule has 0 radical (unpaired) electrons. The number of nitrogens with zero attached hydrogens (tertiary/aromatic N) is 2. The van der Waals surface area contributed by atoms with Crippen LogP contribution in [-0.2, 0) is 9.59 Å². The lowest BCUT2D eigenvalue weighted by molar-refractivity contribution is -0.384. The summed E-state index contributed by atoms with van der Waals surface area (Å²) in [4.78, 5) is 36.3. The molecule has 0 saturated carbocycles. The number of hydrogen-bond acceptors (Lipinski definition) is 5. The number of imide groups is 1. The normalized spacial score (nSPS) is 17.0. The van der Waals surface area contributed by atoms with Crippen LogP contribution in [-0.4, -0.2) is 22.8 Å². The van der Waals surface area contributed by atoms with Crippen LogP contribution < -0.4 is 10.2 Å². The summed E-state index contributed by atoms with van der Waals surface area (Å²) in [7, 11) is 0. The van der Waals surface area contributed by atoms with Gasteiger partial charge in [-0.3, -0.25) is 19.7 Å². The van der Waals surface area contributed by atoms with Crippen molar-refractivity contribution in [3.05, 3.63) is 63.2 Å². The fourth-order valence-electron chi connectivity index (χ4n) is 2.65. The number of nitro groups is 1. The van der Waals surface area contributed by atoms with Crippen molar-refractivity contribution < 1.29 is 14.5 Å². The monoisotopic (exact) mass is 359 g/mol. The number of carbonyl (C=O) groups is 2. The molecule has 2 aromatic carbocycles. The maximum Gasteiger partial charge on any atom is 0.271 e. The minimum Gasteiger partial charge on any atom is -0.373 e. The van der Waals surface area contributed by atoms with Crippen LogP contribution in [0.15, 0.2) is 42.5 Å². The molecule has 3 rings (SSSR count). The summed E-state index contributed by atoms with van der Waals surface area (Å²) >= 11 is 6.07. The highest BCUT2D eigenvalue weighted by atomic mass is 35.5. The van der Waals surface area contributed by atoms with Gasteiger partial charge in [0.1, 0.15) is 6.04 Å². The van der Waals surface area contributed by atoms with E-state index < -0.39 is 16.9 Å². The van der Waals surface area contributed by atoms with E-state index in [0.29, 0.717) is 16.4 Å². The Morgan fingerprint density at radius 2 is 2.00 bits per heavy atom. The van der Waals surface area contributed by atoms with Crippen molar-refractivity contribution in [2.24, 2.45) is 0 Å². The fourth-order valence-corrected chi connectivity index (χ4v) is 2.82. The molecule has 0 unspecified atom stereocenters. The Bertz CT molecular complexity index is 884. The van der Waals surface area contributed by atoms with Crippen molar-refractivity contribution in [2.45, 2.75) is 19.4 Å². The Morgan fingerprint density at radius 1 is 1.24 bits per heavy atom. The predicted octanol–water partition coefficient (Wildman–Crippen LogP) is 3.30. The van der Waals surface area contributed by atoms with Crippen molar-refractivity contribution >= 4 is 40.5 Å². The summed E-state index contributed by atoms with van der Waals surface area (Å²) in [6.45, 7) is 1.83. The van der Waals surface area contributed by atoms with Gasteiger partial charge in [0.05, 0.1) is 17.0 Å². The first-order valence-corrected chi connectivity index (χ1v) is 7.88. The largest absolute Gasteiger partial charge is 0.373 e. The van der Waals surface area contributed by atoms with Crippen LogP contribution in [0.1, 0.15) is 12.0 Å². The Kier molecular flexibility index (Phi) is 4.41. The Hall–Kier alpha value is -2.93. The van der Waals surface area contributed by atoms with E-state index in [1.54, 1.807) is 24.3 Å². The van der Waals surface area contributed by atoms with E-state index >= 15 is 0 Å². The molecule has 0 spiro atoms. The number of aryl methyl sites for hydroxylation is 1. The first-order chi connectivity index (χ1) is 11.9. The molecular formula is C17H14ClN3O4. The molecule has 0 aromatic heterocycles. The molecule has 1 fully saturated rings. The van der Waals surface area contributed by atoms with Crippen LogP contribution in [0.5, 0.6) is 0 Å². The van der Waals surface area contributed by atoms with Crippen molar-refractivity contribution in [2.75, 3.05) is 10.2 Å². The highest BCUT2D eigenvalue weighted by Gasteiger charge is 2.39. The van der Waals surface area contributed by atoms with E-state index in [2.05, 4.69) is 5.32 Å². The molecule has 1 saturated heterocycles. The Balaban J connectivity index is 1.82. The molecule has 1 aliphatic heterocycles. The molecule has 1 N–H and O–H groups in total. The number of amides is 2. The summed E-state index contributed by atoms with van der Waals surface area (Å²) in [6.07, 6.45) is -0.0347. The maximum atomic E-state index is 12.6. The van der Waals surface area contributed by atoms with Crippen LogP contribution in [0.2, 0.25) is 5.02 Å². The number of rotatable bonds is 4. The fraction of sp³-hybridized carbons (Fsp3) is 0.176. The maximum absolute atomic E-state index is 12.6. The molecule has 0 bridgehead atoms. The molecule has 7 nitrogen and oxygen atoms in total. The van der Waals surface area contributed by atoms with Gasteiger partial charge in [0, 0.05) is 22.8 Å². The number of non-ortho nitro benzene ring substituents is 1.